The van der Waals surface area contributed by atoms with Gasteiger partial charge in [-0.15, -0.1) is 0 Å². The molecule has 0 unspecified atom stereocenters. The molecular formula is C11H20. The molecule has 0 aromatic rings. The van der Waals surface area contributed by atoms with Crippen LogP contribution < -0.4 is 0 Å². The van der Waals surface area contributed by atoms with Gasteiger partial charge in [0.1, 0.15) is 0 Å². The molecule has 1 aliphatic rings. The Morgan fingerprint density at radius 1 is 1.00 bits per heavy atom. The largest absolute Gasteiger partial charge is 0.0733 e. The van der Waals surface area contributed by atoms with Crippen molar-refractivity contribution >= 4 is 0 Å². The first kappa shape index (κ1) is 8.83. The molecule has 0 aromatic heterocycles. The molecular weight excluding hydrogens is 132 g/mol. The first-order valence-corrected chi connectivity index (χ1v) is 4.46. The van der Waals surface area contributed by atoms with E-state index in [0.29, 0.717) is 10.8 Å². The molecule has 0 heterocycles. The first-order chi connectivity index (χ1) is 4.79. The fourth-order valence-corrected chi connectivity index (χ4v) is 2.06. The summed E-state index contributed by atoms with van der Waals surface area (Å²) in [7, 11) is 0. The van der Waals surface area contributed by atoms with Crippen LogP contribution in [-0.2, 0) is 0 Å². The van der Waals surface area contributed by atoms with Crippen LogP contribution in [0.1, 0.15) is 48.0 Å². The van der Waals surface area contributed by atoms with Crippen molar-refractivity contribution in [3.05, 3.63) is 11.1 Å². The molecule has 11 heavy (non-hydrogen) atoms. The fraction of sp³-hybridized carbons (Fsp3) is 0.818. The van der Waals surface area contributed by atoms with Crippen LogP contribution in [0.2, 0.25) is 0 Å². The van der Waals surface area contributed by atoms with Crippen molar-refractivity contribution in [2.24, 2.45) is 10.8 Å². The Morgan fingerprint density at radius 2 is 1.45 bits per heavy atom. The molecule has 0 amide bonds. The van der Waals surface area contributed by atoms with E-state index in [0.717, 1.165) is 0 Å². The van der Waals surface area contributed by atoms with E-state index in [1.54, 1.807) is 11.1 Å². The number of rotatable bonds is 0. The van der Waals surface area contributed by atoms with Crippen LogP contribution in [0.5, 0.6) is 0 Å². The second kappa shape index (κ2) is 2.12. The van der Waals surface area contributed by atoms with E-state index in [1.165, 1.54) is 6.42 Å². The predicted molar refractivity (Wildman–Crippen MR) is 50.6 cm³/mol. The lowest BCUT2D eigenvalue weighted by Crippen LogP contribution is -2.28. The lowest BCUT2D eigenvalue weighted by Gasteiger charge is -2.36. The molecule has 0 spiro atoms. The van der Waals surface area contributed by atoms with Crippen molar-refractivity contribution in [3.8, 4) is 0 Å². The van der Waals surface area contributed by atoms with Crippen LogP contribution in [0.4, 0.5) is 0 Å². The molecule has 64 valence electrons. The summed E-state index contributed by atoms with van der Waals surface area (Å²) >= 11 is 0. The maximum absolute atomic E-state index is 2.37. The molecule has 0 atom stereocenters. The van der Waals surface area contributed by atoms with Crippen LogP contribution in [0.15, 0.2) is 11.1 Å². The molecule has 0 fully saturated rings. The van der Waals surface area contributed by atoms with Gasteiger partial charge in [-0.2, -0.15) is 0 Å². The van der Waals surface area contributed by atoms with E-state index in [9.17, 15) is 0 Å². The average molecular weight is 152 g/mol. The number of allylic oxidation sites excluding steroid dienone is 2. The fourth-order valence-electron chi connectivity index (χ4n) is 2.06. The van der Waals surface area contributed by atoms with Gasteiger partial charge in [-0.05, 0) is 31.1 Å². The average Bonchev–Trinajstić information content (AvgIpc) is 1.93. The highest BCUT2D eigenvalue weighted by molar-refractivity contribution is 5.28. The van der Waals surface area contributed by atoms with Gasteiger partial charge in [0.25, 0.3) is 0 Å². The second-order valence-corrected chi connectivity index (χ2v) is 5.09. The summed E-state index contributed by atoms with van der Waals surface area (Å²) in [4.78, 5) is 0. The number of hydrogen-bond donors (Lipinski definition) is 0. The van der Waals surface area contributed by atoms with E-state index < -0.39 is 0 Å². The quantitative estimate of drug-likeness (QED) is 0.463. The van der Waals surface area contributed by atoms with Gasteiger partial charge in [-0.1, -0.05) is 38.8 Å². The maximum atomic E-state index is 2.37. The minimum atomic E-state index is 0.400. The van der Waals surface area contributed by atoms with Crippen LogP contribution in [0, 0.1) is 10.8 Å². The Bertz CT molecular complexity index is 204. The van der Waals surface area contributed by atoms with Crippen molar-refractivity contribution in [1.29, 1.82) is 0 Å². The Balaban J connectivity index is 3.08. The molecule has 0 saturated carbocycles. The minimum Gasteiger partial charge on any atom is -0.0733 e. The van der Waals surface area contributed by atoms with Crippen LogP contribution in [0.25, 0.3) is 0 Å². The smallest absolute Gasteiger partial charge is 0.00907 e. The zero-order valence-corrected chi connectivity index (χ0v) is 8.71. The molecule has 0 N–H and O–H groups in total. The van der Waals surface area contributed by atoms with Crippen molar-refractivity contribution in [3.63, 3.8) is 0 Å². The van der Waals surface area contributed by atoms with Crippen molar-refractivity contribution in [2.75, 3.05) is 0 Å². The van der Waals surface area contributed by atoms with Gasteiger partial charge in [0, 0.05) is 0 Å². The van der Waals surface area contributed by atoms with E-state index in [1.807, 2.05) is 0 Å². The zero-order chi connectivity index (χ0) is 8.86. The minimum absolute atomic E-state index is 0.400. The van der Waals surface area contributed by atoms with E-state index >= 15 is 0 Å². The van der Waals surface area contributed by atoms with Gasteiger partial charge >= 0.3 is 0 Å². The molecule has 0 bridgehead atoms. The Labute approximate surface area is 70.7 Å². The summed E-state index contributed by atoms with van der Waals surface area (Å²) in [6.45, 7) is 14.0. The summed E-state index contributed by atoms with van der Waals surface area (Å²) in [6.07, 6.45) is 1.27. The topological polar surface area (TPSA) is 0 Å². The summed E-state index contributed by atoms with van der Waals surface area (Å²) < 4.78 is 0. The summed E-state index contributed by atoms with van der Waals surface area (Å²) in [5.41, 5.74) is 4.06. The van der Waals surface area contributed by atoms with Gasteiger partial charge in [-0.3, -0.25) is 0 Å². The highest BCUT2D eigenvalue weighted by atomic mass is 14.5. The third-order valence-electron chi connectivity index (χ3n) is 3.98. The highest BCUT2D eigenvalue weighted by Gasteiger charge is 2.43. The predicted octanol–water partition coefficient (Wildman–Crippen LogP) is 3.78. The summed E-state index contributed by atoms with van der Waals surface area (Å²) in [5.74, 6) is 0. The second-order valence-electron chi connectivity index (χ2n) is 5.09. The van der Waals surface area contributed by atoms with Gasteiger partial charge in [-0.25, -0.2) is 0 Å². The Morgan fingerprint density at radius 3 is 1.55 bits per heavy atom. The molecule has 0 aromatic carbocycles. The lowest BCUT2D eigenvalue weighted by molar-refractivity contribution is 0.178. The molecule has 0 saturated heterocycles. The summed E-state index contributed by atoms with van der Waals surface area (Å²) in [6, 6.07) is 0. The van der Waals surface area contributed by atoms with Gasteiger partial charge in [0.2, 0.25) is 0 Å². The van der Waals surface area contributed by atoms with Gasteiger partial charge in [0.15, 0.2) is 0 Å². The van der Waals surface area contributed by atoms with Crippen LogP contribution in [-0.4, -0.2) is 0 Å². The first-order valence-electron chi connectivity index (χ1n) is 4.46. The van der Waals surface area contributed by atoms with Crippen molar-refractivity contribution in [1.82, 2.24) is 0 Å². The third kappa shape index (κ3) is 1.04. The summed E-state index contributed by atoms with van der Waals surface area (Å²) in [5, 5.41) is 0. The van der Waals surface area contributed by atoms with Crippen molar-refractivity contribution in [2.45, 2.75) is 48.0 Å². The SMILES string of the molecule is CC1=C(C)C(C)(C)C(C)(C)C1. The van der Waals surface area contributed by atoms with E-state index in [-0.39, 0.29) is 0 Å². The van der Waals surface area contributed by atoms with Crippen LogP contribution >= 0.6 is 0 Å². The van der Waals surface area contributed by atoms with E-state index in [4.69, 9.17) is 0 Å². The molecule has 0 heteroatoms. The Kier molecular flexibility index (Phi) is 1.70. The zero-order valence-electron chi connectivity index (χ0n) is 8.71. The van der Waals surface area contributed by atoms with Gasteiger partial charge < -0.3 is 0 Å². The molecule has 0 aliphatic heterocycles. The normalized spacial score (nSPS) is 27.8. The molecule has 1 rings (SSSR count). The van der Waals surface area contributed by atoms with E-state index in [2.05, 4.69) is 41.5 Å². The lowest BCUT2D eigenvalue weighted by atomic mass is 9.68. The monoisotopic (exact) mass is 152 g/mol. The molecule has 1 aliphatic carbocycles. The highest BCUT2D eigenvalue weighted by Crippen LogP contribution is 2.54. The standard InChI is InChI=1S/C11H20/c1-8-7-10(3,4)11(5,6)9(8)2/h7H2,1-6H3. The van der Waals surface area contributed by atoms with Crippen LogP contribution in [0.3, 0.4) is 0 Å². The number of hydrogen-bond acceptors (Lipinski definition) is 0. The Hall–Kier alpha value is -0.260. The molecule has 0 nitrogen and oxygen atoms in total. The maximum Gasteiger partial charge on any atom is -0.00907 e. The van der Waals surface area contributed by atoms with Crippen molar-refractivity contribution < 1.29 is 0 Å². The van der Waals surface area contributed by atoms with Gasteiger partial charge in [0.05, 0.1) is 0 Å². The third-order valence-corrected chi connectivity index (χ3v) is 3.98. The molecule has 0 radical (unpaired) electrons.